The first-order valence-electron chi connectivity index (χ1n) is 6.12. The van der Waals surface area contributed by atoms with Crippen LogP contribution in [-0.4, -0.2) is 37.3 Å². The van der Waals surface area contributed by atoms with Gasteiger partial charge in [-0.3, -0.25) is 4.90 Å². The Bertz CT molecular complexity index is 261. The second kappa shape index (κ2) is 6.40. The van der Waals surface area contributed by atoms with E-state index in [1.165, 1.54) is 6.08 Å². The van der Waals surface area contributed by atoms with Gasteiger partial charge in [0.05, 0.1) is 0 Å². The van der Waals surface area contributed by atoms with Gasteiger partial charge in [-0.05, 0) is 38.3 Å². The number of rotatable bonds is 5. The summed E-state index contributed by atoms with van der Waals surface area (Å²) in [5, 5.41) is 0. The molecule has 17 heavy (non-hydrogen) atoms. The second-order valence-electron chi connectivity index (χ2n) is 4.76. The molecule has 0 spiro atoms. The van der Waals surface area contributed by atoms with Crippen LogP contribution in [0.1, 0.15) is 26.2 Å². The Kier molecular flexibility index (Phi) is 5.46. The molecule has 0 saturated heterocycles. The minimum absolute atomic E-state index is 0.121. The van der Waals surface area contributed by atoms with Crippen molar-refractivity contribution in [2.75, 3.05) is 26.2 Å². The minimum atomic E-state index is -4.14. The van der Waals surface area contributed by atoms with E-state index in [1.807, 2.05) is 0 Å². The highest BCUT2D eigenvalue weighted by Crippen LogP contribution is 2.30. The largest absolute Gasteiger partial charge is 0.412 e. The van der Waals surface area contributed by atoms with E-state index in [1.54, 1.807) is 0 Å². The van der Waals surface area contributed by atoms with E-state index in [2.05, 4.69) is 11.8 Å². The molecular formula is C12H21F3N2. The van der Waals surface area contributed by atoms with Gasteiger partial charge in [0.15, 0.2) is 0 Å². The van der Waals surface area contributed by atoms with Crippen molar-refractivity contribution < 1.29 is 13.2 Å². The van der Waals surface area contributed by atoms with Crippen molar-refractivity contribution in [3.8, 4) is 0 Å². The maximum absolute atomic E-state index is 12.4. The lowest BCUT2D eigenvalue weighted by Crippen LogP contribution is -2.32. The molecule has 2 N–H and O–H groups in total. The molecule has 0 aromatic heterocycles. The van der Waals surface area contributed by atoms with E-state index in [4.69, 9.17) is 5.73 Å². The van der Waals surface area contributed by atoms with Crippen LogP contribution in [0.2, 0.25) is 0 Å². The third-order valence-corrected chi connectivity index (χ3v) is 3.23. The molecule has 0 radical (unpaired) electrons. The quantitative estimate of drug-likeness (QED) is 0.760. The van der Waals surface area contributed by atoms with Crippen LogP contribution in [0.15, 0.2) is 11.6 Å². The zero-order valence-electron chi connectivity index (χ0n) is 10.3. The summed E-state index contributed by atoms with van der Waals surface area (Å²) in [6, 6.07) is 0. The molecule has 1 unspecified atom stereocenters. The molecule has 0 aromatic rings. The third kappa shape index (κ3) is 5.08. The Hall–Kier alpha value is -0.550. The summed E-state index contributed by atoms with van der Waals surface area (Å²) in [6.07, 6.45) is -0.650. The SMILES string of the molecule is CC(CN)CCCN1CC=C(C(F)(F)F)CC1. The van der Waals surface area contributed by atoms with Crippen LogP contribution in [-0.2, 0) is 0 Å². The van der Waals surface area contributed by atoms with Crippen LogP contribution < -0.4 is 5.73 Å². The van der Waals surface area contributed by atoms with Crippen molar-refractivity contribution in [3.05, 3.63) is 11.6 Å². The van der Waals surface area contributed by atoms with E-state index < -0.39 is 6.18 Å². The van der Waals surface area contributed by atoms with E-state index in [0.29, 0.717) is 25.6 Å². The van der Waals surface area contributed by atoms with Gasteiger partial charge in [0.1, 0.15) is 0 Å². The first kappa shape index (κ1) is 14.5. The van der Waals surface area contributed by atoms with Crippen molar-refractivity contribution in [2.24, 2.45) is 11.7 Å². The number of halogens is 3. The third-order valence-electron chi connectivity index (χ3n) is 3.23. The first-order valence-corrected chi connectivity index (χ1v) is 6.12. The summed E-state index contributed by atoms with van der Waals surface area (Å²) >= 11 is 0. The Morgan fingerprint density at radius 1 is 1.47 bits per heavy atom. The molecule has 0 saturated carbocycles. The Morgan fingerprint density at radius 2 is 2.18 bits per heavy atom. The molecule has 1 heterocycles. The van der Waals surface area contributed by atoms with Crippen molar-refractivity contribution in [3.63, 3.8) is 0 Å². The molecule has 1 rings (SSSR count). The van der Waals surface area contributed by atoms with Crippen LogP contribution in [0.4, 0.5) is 13.2 Å². The molecular weight excluding hydrogens is 229 g/mol. The Balaban J connectivity index is 2.25. The van der Waals surface area contributed by atoms with Crippen LogP contribution in [0.25, 0.3) is 0 Å². The van der Waals surface area contributed by atoms with Gasteiger partial charge < -0.3 is 5.73 Å². The summed E-state index contributed by atoms with van der Waals surface area (Å²) in [6.45, 7) is 4.58. The summed E-state index contributed by atoms with van der Waals surface area (Å²) in [5.41, 5.74) is 5.14. The maximum atomic E-state index is 12.4. The first-order chi connectivity index (χ1) is 7.93. The number of hydrogen-bond acceptors (Lipinski definition) is 2. The standard InChI is InChI=1S/C12H21F3N2/c1-10(9-16)3-2-6-17-7-4-11(5-8-17)12(13,14)15/h4,10H,2-3,5-9,16H2,1H3. The summed E-state index contributed by atoms with van der Waals surface area (Å²) in [4.78, 5) is 2.07. The maximum Gasteiger partial charge on any atom is 0.412 e. The summed E-state index contributed by atoms with van der Waals surface area (Å²) < 4.78 is 37.1. The molecule has 0 fully saturated rings. The predicted molar refractivity (Wildman–Crippen MR) is 62.6 cm³/mol. The minimum Gasteiger partial charge on any atom is -0.330 e. The highest BCUT2D eigenvalue weighted by atomic mass is 19.4. The fraction of sp³-hybridized carbons (Fsp3) is 0.833. The number of hydrogen-bond donors (Lipinski definition) is 1. The molecule has 0 aromatic carbocycles. The van der Waals surface area contributed by atoms with Gasteiger partial charge in [-0.15, -0.1) is 0 Å². The smallest absolute Gasteiger partial charge is 0.330 e. The lowest BCUT2D eigenvalue weighted by molar-refractivity contribution is -0.0960. The molecule has 2 nitrogen and oxygen atoms in total. The van der Waals surface area contributed by atoms with Crippen molar-refractivity contribution in [1.82, 2.24) is 4.90 Å². The average molecular weight is 250 g/mol. The zero-order valence-corrected chi connectivity index (χ0v) is 10.3. The van der Waals surface area contributed by atoms with E-state index >= 15 is 0 Å². The van der Waals surface area contributed by atoms with E-state index in [0.717, 1.165) is 19.4 Å². The van der Waals surface area contributed by atoms with Crippen molar-refractivity contribution in [1.29, 1.82) is 0 Å². The number of nitrogens with zero attached hydrogens (tertiary/aromatic N) is 1. The highest BCUT2D eigenvalue weighted by Gasteiger charge is 2.34. The lowest BCUT2D eigenvalue weighted by Gasteiger charge is -2.27. The molecule has 100 valence electrons. The van der Waals surface area contributed by atoms with Crippen LogP contribution in [0, 0.1) is 5.92 Å². The number of nitrogens with two attached hydrogens (primary N) is 1. The van der Waals surface area contributed by atoms with Crippen LogP contribution in [0.3, 0.4) is 0 Å². The predicted octanol–water partition coefficient (Wildman–Crippen LogP) is 2.56. The highest BCUT2D eigenvalue weighted by molar-refractivity contribution is 5.12. The van der Waals surface area contributed by atoms with E-state index in [-0.39, 0.29) is 12.0 Å². The fourth-order valence-corrected chi connectivity index (χ4v) is 1.95. The molecule has 1 atom stereocenters. The van der Waals surface area contributed by atoms with Gasteiger partial charge in [-0.2, -0.15) is 13.2 Å². The van der Waals surface area contributed by atoms with Gasteiger partial charge in [0.25, 0.3) is 0 Å². The zero-order chi connectivity index (χ0) is 12.9. The molecule has 0 amide bonds. The average Bonchev–Trinajstić information content (AvgIpc) is 2.28. The van der Waals surface area contributed by atoms with Gasteiger partial charge in [0.2, 0.25) is 0 Å². The normalized spacial score (nSPS) is 20.2. The van der Waals surface area contributed by atoms with Crippen LogP contribution in [0.5, 0.6) is 0 Å². The van der Waals surface area contributed by atoms with Gasteiger partial charge in [-0.25, -0.2) is 0 Å². The summed E-state index contributed by atoms with van der Waals surface area (Å²) in [5.74, 6) is 0.501. The topological polar surface area (TPSA) is 29.3 Å². The van der Waals surface area contributed by atoms with Crippen molar-refractivity contribution in [2.45, 2.75) is 32.4 Å². The monoisotopic (exact) mass is 250 g/mol. The van der Waals surface area contributed by atoms with Gasteiger partial charge in [-0.1, -0.05) is 13.0 Å². The fourth-order valence-electron chi connectivity index (χ4n) is 1.95. The Labute approximate surface area is 101 Å². The molecule has 5 heteroatoms. The van der Waals surface area contributed by atoms with Gasteiger partial charge >= 0.3 is 6.18 Å². The van der Waals surface area contributed by atoms with E-state index in [9.17, 15) is 13.2 Å². The van der Waals surface area contributed by atoms with Gasteiger partial charge in [0, 0.05) is 18.7 Å². The summed E-state index contributed by atoms with van der Waals surface area (Å²) in [7, 11) is 0. The Morgan fingerprint density at radius 3 is 2.65 bits per heavy atom. The molecule has 0 aliphatic carbocycles. The lowest BCUT2D eigenvalue weighted by atomic mass is 10.0. The molecule has 1 aliphatic heterocycles. The second-order valence-corrected chi connectivity index (χ2v) is 4.76. The molecule has 1 aliphatic rings. The van der Waals surface area contributed by atoms with Crippen molar-refractivity contribution >= 4 is 0 Å². The van der Waals surface area contributed by atoms with Crippen LogP contribution >= 0.6 is 0 Å². The number of alkyl halides is 3. The molecule has 0 bridgehead atoms.